The lowest BCUT2D eigenvalue weighted by Gasteiger charge is -2.26. The number of carbonyl (C=O) groups excluding carboxylic acids is 2. The highest BCUT2D eigenvalue weighted by Crippen LogP contribution is 2.44. The summed E-state index contributed by atoms with van der Waals surface area (Å²) in [4.78, 5) is 27.0. The van der Waals surface area contributed by atoms with Crippen LogP contribution in [0.1, 0.15) is 22.7 Å². The molecule has 1 atom stereocenters. The Morgan fingerprint density at radius 3 is 2.27 bits per heavy atom. The zero-order valence-corrected chi connectivity index (χ0v) is 17.7. The average Bonchev–Trinajstić information content (AvgIpc) is 3.06. The third-order valence-electron chi connectivity index (χ3n) is 5.47. The highest BCUT2D eigenvalue weighted by molar-refractivity contribution is 6.51. The number of phenols is 1. The van der Waals surface area contributed by atoms with Crippen molar-refractivity contribution < 1.29 is 33.3 Å². The largest absolute Gasteiger partial charge is 0.507 e. The van der Waals surface area contributed by atoms with Crippen LogP contribution in [0.5, 0.6) is 11.5 Å². The number of Topliss-reactive ketones (excluding diaryl/α,β-unsaturated/α-hetero) is 1. The lowest BCUT2D eigenvalue weighted by molar-refractivity contribution is -0.132. The summed E-state index contributed by atoms with van der Waals surface area (Å²) < 4.78 is 32.6. The number of phenolic OH excluding ortho intramolecular Hbond substituents is 1. The van der Waals surface area contributed by atoms with Crippen molar-refractivity contribution in [1.82, 2.24) is 0 Å². The standard InChI is InChI=1S/C25H19F2NO5/c1-13-3-5-14(6-4-13)23(30)21-22(15-7-10-20(33-2)19(29)11-15)28(25(32)24(21)31)16-8-9-17(26)18(27)12-16/h3-12,22,29-30H,1-2H3/b23-21+. The van der Waals surface area contributed by atoms with Crippen LogP contribution < -0.4 is 9.64 Å². The molecule has 0 aliphatic carbocycles. The van der Waals surface area contributed by atoms with Gasteiger partial charge >= 0.3 is 0 Å². The fourth-order valence-electron chi connectivity index (χ4n) is 3.79. The molecule has 33 heavy (non-hydrogen) atoms. The van der Waals surface area contributed by atoms with Crippen molar-refractivity contribution in [2.24, 2.45) is 0 Å². The Labute approximate surface area is 188 Å². The van der Waals surface area contributed by atoms with E-state index in [1.165, 1.54) is 25.3 Å². The maximum absolute atomic E-state index is 14.0. The van der Waals surface area contributed by atoms with Gasteiger partial charge < -0.3 is 14.9 Å². The van der Waals surface area contributed by atoms with Crippen LogP contribution in [-0.4, -0.2) is 29.0 Å². The quantitative estimate of drug-likeness (QED) is 0.344. The number of halogens is 2. The van der Waals surface area contributed by atoms with Crippen LogP contribution in [0.3, 0.4) is 0 Å². The van der Waals surface area contributed by atoms with Gasteiger partial charge in [0.2, 0.25) is 0 Å². The maximum atomic E-state index is 14.0. The van der Waals surface area contributed by atoms with E-state index < -0.39 is 35.1 Å². The summed E-state index contributed by atoms with van der Waals surface area (Å²) in [5, 5.41) is 21.3. The van der Waals surface area contributed by atoms with Gasteiger partial charge in [-0.2, -0.15) is 0 Å². The van der Waals surface area contributed by atoms with Gasteiger partial charge in [-0.05, 0) is 36.8 Å². The number of aromatic hydroxyl groups is 1. The first-order valence-electron chi connectivity index (χ1n) is 9.93. The smallest absolute Gasteiger partial charge is 0.300 e. The maximum Gasteiger partial charge on any atom is 0.300 e. The summed E-state index contributed by atoms with van der Waals surface area (Å²) in [6.45, 7) is 1.85. The highest BCUT2D eigenvalue weighted by atomic mass is 19.2. The molecular formula is C25H19F2NO5. The minimum Gasteiger partial charge on any atom is -0.507 e. The number of aliphatic hydroxyl groups excluding tert-OH is 1. The van der Waals surface area contributed by atoms with Crippen LogP contribution in [-0.2, 0) is 9.59 Å². The second kappa shape index (κ2) is 8.38. The number of rotatable bonds is 4. The van der Waals surface area contributed by atoms with E-state index in [4.69, 9.17) is 4.74 Å². The number of ether oxygens (including phenoxy) is 1. The normalized spacial score (nSPS) is 17.5. The fourth-order valence-corrected chi connectivity index (χ4v) is 3.79. The topological polar surface area (TPSA) is 87.1 Å². The second-order valence-electron chi connectivity index (χ2n) is 7.56. The molecule has 1 unspecified atom stereocenters. The van der Waals surface area contributed by atoms with Crippen molar-refractivity contribution in [2.75, 3.05) is 12.0 Å². The zero-order chi connectivity index (χ0) is 23.9. The van der Waals surface area contributed by atoms with E-state index >= 15 is 0 Å². The van der Waals surface area contributed by atoms with Gasteiger partial charge in [0.15, 0.2) is 23.1 Å². The molecule has 0 radical (unpaired) electrons. The Morgan fingerprint density at radius 2 is 1.67 bits per heavy atom. The van der Waals surface area contributed by atoms with Crippen LogP contribution in [0.4, 0.5) is 14.5 Å². The number of ketones is 1. The van der Waals surface area contributed by atoms with E-state index in [1.54, 1.807) is 24.3 Å². The van der Waals surface area contributed by atoms with Crippen LogP contribution in [0.15, 0.2) is 66.2 Å². The number of aryl methyl sites for hydroxylation is 1. The Kier molecular flexibility index (Phi) is 5.59. The average molecular weight is 451 g/mol. The molecule has 0 saturated carbocycles. The van der Waals surface area contributed by atoms with Gasteiger partial charge in [-0.1, -0.05) is 35.9 Å². The number of nitrogens with zero attached hydrogens (tertiary/aromatic N) is 1. The Bertz CT molecular complexity index is 1300. The monoisotopic (exact) mass is 451 g/mol. The minimum absolute atomic E-state index is 0.0840. The van der Waals surface area contributed by atoms with Gasteiger partial charge in [-0.25, -0.2) is 8.78 Å². The van der Waals surface area contributed by atoms with Gasteiger partial charge in [-0.15, -0.1) is 0 Å². The van der Waals surface area contributed by atoms with E-state index in [-0.39, 0.29) is 28.3 Å². The molecule has 2 N–H and O–H groups in total. The Balaban J connectivity index is 1.96. The number of aliphatic hydroxyl groups is 1. The second-order valence-corrected chi connectivity index (χ2v) is 7.56. The van der Waals surface area contributed by atoms with Gasteiger partial charge in [0.25, 0.3) is 11.7 Å². The SMILES string of the molecule is COc1ccc(C2/C(=C(\O)c3ccc(C)cc3)C(=O)C(=O)N2c2ccc(F)c(F)c2)cc1O. The molecule has 1 aliphatic rings. The molecule has 168 valence electrons. The lowest BCUT2D eigenvalue weighted by atomic mass is 9.94. The van der Waals surface area contributed by atoms with E-state index in [2.05, 4.69) is 0 Å². The summed E-state index contributed by atoms with van der Waals surface area (Å²) in [5.41, 5.74) is 1.14. The van der Waals surface area contributed by atoms with Gasteiger partial charge in [0.05, 0.1) is 18.7 Å². The summed E-state index contributed by atoms with van der Waals surface area (Å²) in [7, 11) is 1.36. The van der Waals surface area contributed by atoms with Crippen LogP contribution >= 0.6 is 0 Å². The molecule has 0 spiro atoms. The van der Waals surface area contributed by atoms with Crippen molar-refractivity contribution in [3.8, 4) is 11.5 Å². The first kappa shape index (κ1) is 22.0. The molecule has 1 aliphatic heterocycles. The molecule has 4 rings (SSSR count). The van der Waals surface area contributed by atoms with Gasteiger partial charge in [0.1, 0.15) is 5.76 Å². The van der Waals surface area contributed by atoms with Crippen LogP contribution in [0.25, 0.3) is 5.76 Å². The Hall–Kier alpha value is -4.20. The van der Waals surface area contributed by atoms with Crippen LogP contribution in [0, 0.1) is 18.6 Å². The van der Waals surface area contributed by atoms with E-state index in [0.29, 0.717) is 5.56 Å². The molecule has 0 aromatic heterocycles. The van der Waals surface area contributed by atoms with E-state index in [9.17, 15) is 28.6 Å². The fraction of sp³-hybridized carbons (Fsp3) is 0.120. The van der Waals surface area contributed by atoms with Crippen LogP contribution in [0.2, 0.25) is 0 Å². The molecule has 1 fully saturated rings. The predicted octanol–water partition coefficient (Wildman–Crippen LogP) is 4.61. The predicted molar refractivity (Wildman–Crippen MR) is 117 cm³/mol. The summed E-state index contributed by atoms with van der Waals surface area (Å²) in [6, 6.07) is 12.4. The van der Waals surface area contributed by atoms with Crippen molar-refractivity contribution in [3.63, 3.8) is 0 Å². The number of hydrogen-bond acceptors (Lipinski definition) is 5. The molecule has 0 bridgehead atoms. The van der Waals surface area contributed by atoms with Crippen molar-refractivity contribution in [3.05, 3.63) is 94.6 Å². The first-order chi connectivity index (χ1) is 15.7. The van der Waals surface area contributed by atoms with Crippen molar-refractivity contribution in [2.45, 2.75) is 13.0 Å². The number of methoxy groups -OCH3 is 1. The summed E-state index contributed by atoms with van der Waals surface area (Å²) in [6.07, 6.45) is 0. The number of anilines is 1. The molecule has 8 heteroatoms. The lowest BCUT2D eigenvalue weighted by Crippen LogP contribution is -2.29. The zero-order valence-electron chi connectivity index (χ0n) is 17.7. The molecule has 1 amide bonds. The van der Waals surface area contributed by atoms with Crippen molar-refractivity contribution >= 4 is 23.1 Å². The molecule has 1 heterocycles. The summed E-state index contributed by atoms with van der Waals surface area (Å²) in [5.74, 6) is -4.90. The molecule has 1 saturated heterocycles. The number of benzene rings is 3. The van der Waals surface area contributed by atoms with Gasteiger partial charge in [0, 0.05) is 17.3 Å². The molecule has 3 aromatic carbocycles. The number of hydrogen-bond donors (Lipinski definition) is 2. The third kappa shape index (κ3) is 3.80. The first-order valence-corrected chi connectivity index (χ1v) is 9.93. The number of amides is 1. The highest BCUT2D eigenvalue weighted by Gasteiger charge is 2.47. The third-order valence-corrected chi connectivity index (χ3v) is 5.47. The van der Waals surface area contributed by atoms with Crippen molar-refractivity contribution in [1.29, 1.82) is 0 Å². The number of carbonyl (C=O) groups is 2. The molecule has 3 aromatic rings. The summed E-state index contributed by atoms with van der Waals surface area (Å²) >= 11 is 0. The molecule has 6 nitrogen and oxygen atoms in total. The van der Waals surface area contributed by atoms with Gasteiger partial charge in [-0.3, -0.25) is 14.5 Å². The molecular weight excluding hydrogens is 432 g/mol. The Morgan fingerprint density at radius 1 is 0.970 bits per heavy atom. The van der Waals surface area contributed by atoms with E-state index in [1.807, 2.05) is 6.92 Å². The van der Waals surface area contributed by atoms with E-state index in [0.717, 1.165) is 28.7 Å². The minimum atomic E-state index is -1.21.